The third-order valence-corrected chi connectivity index (χ3v) is 2.59. The molecule has 1 heterocycles. The van der Waals surface area contributed by atoms with Crippen LogP contribution in [0.3, 0.4) is 0 Å². The van der Waals surface area contributed by atoms with E-state index in [0.717, 1.165) is 13.1 Å². The zero-order chi connectivity index (χ0) is 14.3. The van der Waals surface area contributed by atoms with Crippen molar-refractivity contribution in [3.63, 3.8) is 0 Å². The maximum Gasteiger partial charge on any atom is 0.239 e. The van der Waals surface area contributed by atoms with Crippen LogP contribution in [0.5, 0.6) is 0 Å². The highest BCUT2D eigenvalue weighted by molar-refractivity contribution is 6.28. The summed E-state index contributed by atoms with van der Waals surface area (Å²) in [5.74, 6) is 0.681. The Labute approximate surface area is 117 Å². The van der Waals surface area contributed by atoms with E-state index in [-0.39, 0.29) is 17.7 Å². The molecule has 0 bridgehead atoms. The van der Waals surface area contributed by atoms with E-state index >= 15 is 0 Å². The Kier molecular flexibility index (Phi) is 6.27. The molecule has 1 rings (SSSR count). The predicted octanol–water partition coefficient (Wildman–Crippen LogP) is 0.919. The van der Waals surface area contributed by atoms with Gasteiger partial charge in [-0.2, -0.15) is 15.0 Å². The Bertz CT molecular complexity index is 424. The van der Waals surface area contributed by atoms with Gasteiger partial charge in [-0.05, 0) is 32.4 Å². The Morgan fingerprint density at radius 1 is 1.21 bits per heavy atom. The zero-order valence-electron chi connectivity index (χ0n) is 11.4. The summed E-state index contributed by atoms with van der Waals surface area (Å²) in [6.45, 7) is 8.09. The number of hydrogen-bond acceptors (Lipinski definition) is 6. The minimum absolute atomic E-state index is 0.103. The molecule has 0 spiro atoms. The second-order valence-corrected chi connectivity index (χ2v) is 4.05. The lowest BCUT2D eigenvalue weighted by Gasteiger charge is -2.18. The van der Waals surface area contributed by atoms with E-state index in [4.69, 9.17) is 11.6 Å². The SMILES string of the molecule is CCNC(=O)CNc1nc(Cl)nc(N(CC)CC)n1. The Morgan fingerprint density at radius 3 is 2.47 bits per heavy atom. The summed E-state index contributed by atoms with van der Waals surface area (Å²) < 4.78 is 0. The molecule has 1 aromatic heterocycles. The number of rotatable bonds is 7. The fourth-order valence-electron chi connectivity index (χ4n) is 1.49. The first-order valence-corrected chi connectivity index (χ1v) is 6.65. The van der Waals surface area contributed by atoms with Crippen LogP contribution in [0.2, 0.25) is 5.28 Å². The van der Waals surface area contributed by atoms with Crippen LogP contribution >= 0.6 is 11.6 Å². The second kappa shape index (κ2) is 7.73. The number of carbonyl (C=O) groups excluding carboxylic acids is 1. The van der Waals surface area contributed by atoms with Gasteiger partial charge in [-0.3, -0.25) is 4.79 Å². The maximum absolute atomic E-state index is 11.3. The first-order chi connectivity index (χ1) is 9.10. The number of hydrogen-bond donors (Lipinski definition) is 2. The van der Waals surface area contributed by atoms with Gasteiger partial charge < -0.3 is 15.5 Å². The molecule has 0 atom stereocenters. The lowest BCUT2D eigenvalue weighted by atomic mass is 10.5. The van der Waals surface area contributed by atoms with E-state index in [1.54, 1.807) is 0 Å². The van der Waals surface area contributed by atoms with Gasteiger partial charge >= 0.3 is 0 Å². The van der Waals surface area contributed by atoms with Crippen LogP contribution in [0.4, 0.5) is 11.9 Å². The van der Waals surface area contributed by atoms with E-state index in [1.165, 1.54) is 0 Å². The number of nitrogens with one attached hydrogen (secondary N) is 2. The summed E-state index contributed by atoms with van der Waals surface area (Å²) >= 11 is 5.86. The van der Waals surface area contributed by atoms with Crippen LogP contribution in [0.15, 0.2) is 0 Å². The van der Waals surface area contributed by atoms with Crippen LogP contribution in [0.1, 0.15) is 20.8 Å². The van der Waals surface area contributed by atoms with Crippen molar-refractivity contribution < 1.29 is 4.79 Å². The van der Waals surface area contributed by atoms with Gasteiger partial charge in [0.25, 0.3) is 0 Å². The van der Waals surface area contributed by atoms with Crippen molar-refractivity contribution >= 4 is 29.4 Å². The molecule has 1 aromatic rings. The minimum atomic E-state index is -0.122. The molecular weight excluding hydrogens is 268 g/mol. The summed E-state index contributed by atoms with van der Waals surface area (Å²) in [4.78, 5) is 25.5. The van der Waals surface area contributed by atoms with Crippen LogP contribution in [0.25, 0.3) is 0 Å². The van der Waals surface area contributed by atoms with E-state index in [1.807, 2.05) is 25.7 Å². The van der Waals surface area contributed by atoms with Crippen molar-refractivity contribution in [2.24, 2.45) is 0 Å². The maximum atomic E-state index is 11.3. The van der Waals surface area contributed by atoms with E-state index in [2.05, 4.69) is 25.6 Å². The molecule has 0 saturated heterocycles. The zero-order valence-corrected chi connectivity index (χ0v) is 12.2. The number of nitrogens with zero attached hydrogens (tertiary/aromatic N) is 4. The lowest BCUT2D eigenvalue weighted by Crippen LogP contribution is -2.30. The first kappa shape index (κ1) is 15.4. The molecule has 0 aliphatic carbocycles. The smallest absolute Gasteiger partial charge is 0.239 e. The molecule has 0 fully saturated rings. The van der Waals surface area contributed by atoms with Crippen LogP contribution in [0, 0.1) is 0 Å². The topological polar surface area (TPSA) is 83.0 Å². The van der Waals surface area contributed by atoms with Gasteiger partial charge in [0.2, 0.25) is 23.1 Å². The van der Waals surface area contributed by atoms with Crippen molar-refractivity contribution in [1.29, 1.82) is 0 Å². The van der Waals surface area contributed by atoms with Crippen molar-refractivity contribution in [2.75, 3.05) is 36.4 Å². The molecule has 19 heavy (non-hydrogen) atoms. The highest BCUT2D eigenvalue weighted by Crippen LogP contribution is 2.13. The monoisotopic (exact) mass is 286 g/mol. The molecule has 0 radical (unpaired) electrons. The largest absolute Gasteiger partial charge is 0.355 e. The standard InChI is InChI=1S/C11H19ClN6O/c1-4-13-8(19)7-14-10-15-9(12)16-11(17-10)18(5-2)6-3/h4-7H2,1-3H3,(H,13,19)(H,14,15,16,17). The normalized spacial score (nSPS) is 10.1. The molecule has 0 saturated carbocycles. The minimum Gasteiger partial charge on any atom is -0.355 e. The average molecular weight is 287 g/mol. The van der Waals surface area contributed by atoms with Gasteiger partial charge in [-0.15, -0.1) is 0 Å². The lowest BCUT2D eigenvalue weighted by molar-refractivity contribution is -0.119. The summed E-state index contributed by atoms with van der Waals surface area (Å²) in [6, 6.07) is 0. The summed E-state index contributed by atoms with van der Waals surface area (Å²) in [5, 5.41) is 5.61. The van der Waals surface area contributed by atoms with Gasteiger partial charge in [0.05, 0.1) is 6.54 Å². The molecule has 1 amide bonds. The second-order valence-electron chi connectivity index (χ2n) is 3.71. The Morgan fingerprint density at radius 2 is 1.89 bits per heavy atom. The van der Waals surface area contributed by atoms with Crippen molar-refractivity contribution in [3.8, 4) is 0 Å². The van der Waals surface area contributed by atoms with Crippen molar-refractivity contribution in [1.82, 2.24) is 20.3 Å². The van der Waals surface area contributed by atoms with Gasteiger partial charge in [0.1, 0.15) is 0 Å². The van der Waals surface area contributed by atoms with Gasteiger partial charge in [0, 0.05) is 19.6 Å². The summed E-state index contributed by atoms with van der Waals surface area (Å²) in [6.07, 6.45) is 0. The molecule has 7 nitrogen and oxygen atoms in total. The van der Waals surface area contributed by atoms with Crippen molar-refractivity contribution in [3.05, 3.63) is 5.28 Å². The molecule has 0 aromatic carbocycles. The fourth-order valence-corrected chi connectivity index (χ4v) is 1.64. The molecule has 0 aliphatic heterocycles. The Hall–Kier alpha value is -1.63. The number of likely N-dealkylation sites (N-methyl/N-ethyl adjacent to an activating group) is 1. The summed E-state index contributed by atoms with van der Waals surface area (Å²) in [5.41, 5.74) is 0. The predicted molar refractivity (Wildman–Crippen MR) is 75.6 cm³/mol. The van der Waals surface area contributed by atoms with E-state index in [9.17, 15) is 4.79 Å². The third kappa shape index (κ3) is 4.86. The van der Waals surface area contributed by atoms with Crippen LogP contribution in [-0.2, 0) is 4.79 Å². The van der Waals surface area contributed by atoms with Gasteiger partial charge in [0.15, 0.2) is 0 Å². The number of amides is 1. The van der Waals surface area contributed by atoms with Gasteiger partial charge in [-0.25, -0.2) is 0 Å². The van der Waals surface area contributed by atoms with Crippen molar-refractivity contribution in [2.45, 2.75) is 20.8 Å². The Balaban J connectivity index is 2.76. The van der Waals surface area contributed by atoms with E-state index < -0.39 is 0 Å². The van der Waals surface area contributed by atoms with Gasteiger partial charge in [-0.1, -0.05) is 0 Å². The quantitative estimate of drug-likeness (QED) is 0.775. The van der Waals surface area contributed by atoms with Crippen LogP contribution in [-0.4, -0.2) is 47.0 Å². The van der Waals surface area contributed by atoms with Crippen LogP contribution < -0.4 is 15.5 Å². The highest BCUT2D eigenvalue weighted by Gasteiger charge is 2.10. The molecule has 2 N–H and O–H groups in total. The highest BCUT2D eigenvalue weighted by atomic mass is 35.5. The van der Waals surface area contributed by atoms with E-state index in [0.29, 0.717) is 18.4 Å². The number of halogens is 1. The number of anilines is 2. The molecule has 0 unspecified atom stereocenters. The third-order valence-electron chi connectivity index (χ3n) is 2.42. The number of carbonyl (C=O) groups is 1. The average Bonchev–Trinajstić information content (AvgIpc) is 2.38. The molecule has 0 aliphatic rings. The fraction of sp³-hybridized carbons (Fsp3) is 0.636. The summed E-state index contributed by atoms with van der Waals surface area (Å²) in [7, 11) is 0. The first-order valence-electron chi connectivity index (χ1n) is 6.27. The molecule has 8 heteroatoms. The number of aromatic nitrogens is 3. The molecule has 106 valence electrons. The molecular formula is C11H19ClN6O.